The molecule has 3 aromatic rings. The van der Waals surface area contributed by atoms with Crippen LogP contribution in [-0.2, 0) is 25.2 Å². The van der Waals surface area contributed by atoms with Gasteiger partial charge in [0.2, 0.25) is 0 Å². The van der Waals surface area contributed by atoms with Gasteiger partial charge >= 0.3 is 14.2 Å². The van der Waals surface area contributed by atoms with Crippen LogP contribution in [0.5, 0.6) is 0 Å². The fourth-order valence-electron chi connectivity index (χ4n) is 5.16. The summed E-state index contributed by atoms with van der Waals surface area (Å²) in [6.07, 6.45) is 6.89. The highest BCUT2D eigenvalue weighted by atomic mass is 16.6. The highest BCUT2D eigenvalue weighted by molar-refractivity contribution is 6.62. The van der Waals surface area contributed by atoms with Gasteiger partial charge in [-0.3, -0.25) is 0 Å². The molecule has 0 aliphatic carbocycles. The largest absolute Gasteiger partial charge is 0.493 e. The van der Waals surface area contributed by atoms with Crippen molar-refractivity contribution < 1.29 is 18.6 Å². The van der Waals surface area contributed by atoms with Crippen molar-refractivity contribution in [2.24, 2.45) is 5.92 Å². The Morgan fingerprint density at radius 2 is 1.30 bits per heavy atom. The van der Waals surface area contributed by atoms with Crippen LogP contribution < -0.4 is 10.9 Å². The van der Waals surface area contributed by atoms with E-state index >= 15 is 0 Å². The molecule has 1 aromatic heterocycles. The zero-order valence-corrected chi connectivity index (χ0v) is 20.1. The summed E-state index contributed by atoms with van der Waals surface area (Å²) in [5.41, 5.74) is 4.73. The molecule has 0 radical (unpaired) electrons. The molecule has 2 aliphatic heterocycles. The maximum atomic E-state index is 5.92. The third-order valence-electron chi connectivity index (χ3n) is 7.10. The highest BCUT2D eigenvalue weighted by Gasteiger charge is 2.28. The maximum Gasteiger partial charge on any atom is 0.493 e. The van der Waals surface area contributed by atoms with E-state index in [0.29, 0.717) is 5.92 Å². The van der Waals surface area contributed by atoms with Gasteiger partial charge in [-0.1, -0.05) is 57.4 Å². The van der Waals surface area contributed by atoms with Gasteiger partial charge in [-0.15, -0.1) is 0 Å². The van der Waals surface area contributed by atoms with E-state index in [1.807, 2.05) is 0 Å². The Bertz CT molecular complexity index is 998. The van der Waals surface area contributed by atoms with Gasteiger partial charge in [0.05, 0.1) is 0 Å². The molecule has 0 saturated carbocycles. The molecule has 174 valence electrons. The topological polar surface area (TPSA) is 41.9 Å². The second-order valence-electron chi connectivity index (χ2n) is 9.43. The Labute approximate surface area is 198 Å². The molecular weight excluding hydrogens is 412 g/mol. The highest BCUT2D eigenvalue weighted by Crippen LogP contribution is 2.30. The van der Waals surface area contributed by atoms with Crippen LogP contribution in [0.1, 0.15) is 52.4 Å². The number of unbranched alkanes of at least 4 members (excludes halogenated alkanes) is 1. The van der Waals surface area contributed by atoms with E-state index in [2.05, 4.69) is 54.8 Å². The van der Waals surface area contributed by atoms with Crippen LogP contribution in [0.4, 0.5) is 0 Å². The zero-order chi connectivity index (χ0) is 22.6. The van der Waals surface area contributed by atoms with Crippen molar-refractivity contribution in [3.63, 3.8) is 0 Å². The van der Waals surface area contributed by atoms with E-state index in [9.17, 15) is 0 Å². The quantitative estimate of drug-likeness (QED) is 0.484. The molecule has 1 unspecified atom stereocenters. The molecule has 3 heterocycles. The molecule has 0 bridgehead atoms. The van der Waals surface area contributed by atoms with Crippen molar-refractivity contribution in [2.75, 3.05) is 26.4 Å². The lowest BCUT2D eigenvalue weighted by molar-refractivity contribution is 0.143. The summed E-state index contributed by atoms with van der Waals surface area (Å²) < 4.78 is 26.2. The summed E-state index contributed by atoms with van der Waals surface area (Å²) in [6.45, 7) is 8.63. The fraction of sp³-hybridized carbons (Fsp3) is 0.538. The Morgan fingerprint density at radius 1 is 0.788 bits per heavy atom. The number of fused-ring (bicyclic) bond motifs is 3. The molecule has 0 N–H and O–H groups in total. The Balaban J connectivity index is 1.60. The lowest BCUT2D eigenvalue weighted by atomic mass is 9.77. The SMILES string of the molecule is CCCCC(CC)Cn1c2cc(B3OCCCO3)ccc2c2ccc(B3OCCCO3)cc21. The third-order valence-corrected chi connectivity index (χ3v) is 7.10. The number of hydrogen-bond donors (Lipinski definition) is 0. The lowest BCUT2D eigenvalue weighted by Gasteiger charge is -2.21. The third kappa shape index (κ3) is 4.88. The minimum Gasteiger partial charge on any atom is -0.407 e. The van der Waals surface area contributed by atoms with Crippen LogP contribution in [0, 0.1) is 5.92 Å². The Morgan fingerprint density at radius 3 is 1.76 bits per heavy atom. The van der Waals surface area contributed by atoms with Gasteiger partial charge in [-0.2, -0.15) is 0 Å². The minimum absolute atomic E-state index is 0.267. The first kappa shape index (κ1) is 23.0. The molecule has 7 heteroatoms. The van der Waals surface area contributed by atoms with Crippen molar-refractivity contribution in [1.82, 2.24) is 4.57 Å². The first-order valence-corrected chi connectivity index (χ1v) is 12.8. The summed E-state index contributed by atoms with van der Waals surface area (Å²) in [5.74, 6) is 0.653. The molecular formula is C26H35B2NO4. The number of benzene rings is 2. The van der Waals surface area contributed by atoms with Crippen molar-refractivity contribution in [3.05, 3.63) is 36.4 Å². The van der Waals surface area contributed by atoms with Crippen molar-refractivity contribution in [1.29, 1.82) is 0 Å². The van der Waals surface area contributed by atoms with E-state index < -0.39 is 0 Å². The van der Waals surface area contributed by atoms with Crippen LogP contribution in [-0.4, -0.2) is 45.2 Å². The molecule has 2 saturated heterocycles. The average Bonchev–Trinajstić information content (AvgIpc) is 3.19. The van der Waals surface area contributed by atoms with Gasteiger partial charge in [0.15, 0.2) is 0 Å². The van der Waals surface area contributed by atoms with Gasteiger partial charge < -0.3 is 23.2 Å². The predicted molar refractivity (Wildman–Crippen MR) is 137 cm³/mol. The molecule has 2 aromatic carbocycles. The number of aromatic nitrogens is 1. The van der Waals surface area contributed by atoms with E-state index in [1.165, 1.54) is 47.5 Å². The smallest absolute Gasteiger partial charge is 0.407 e. The first-order valence-electron chi connectivity index (χ1n) is 12.8. The lowest BCUT2D eigenvalue weighted by Crippen LogP contribution is -2.40. The van der Waals surface area contributed by atoms with E-state index in [-0.39, 0.29) is 14.2 Å². The van der Waals surface area contributed by atoms with Gasteiger partial charge in [-0.25, -0.2) is 0 Å². The van der Waals surface area contributed by atoms with E-state index in [0.717, 1.165) is 56.7 Å². The molecule has 2 aliphatic rings. The molecule has 1 atom stereocenters. The average molecular weight is 447 g/mol. The molecule has 2 fully saturated rings. The van der Waals surface area contributed by atoms with Gasteiger partial charge in [0, 0.05) is 54.8 Å². The summed E-state index contributed by atoms with van der Waals surface area (Å²) in [5, 5.41) is 2.57. The van der Waals surface area contributed by atoms with Crippen molar-refractivity contribution >= 4 is 47.0 Å². The molecule has 0 amide bonds. The van der Waals surface area contributed by atoms with E-state index in [4.69, 9.17) is 18.6 Å². The Hall–Kier alpha value is -1.79. The van der Waals surface area contributed by atoms with E-state index in [1.54, 1.807) is 0 Å². The molecule has 33 heavy (non-hydrogen) atoms. The first-order chi connectivity index (χ1) is 16.3. The van der Waals surface area contributed by atoms with Crippen LogP contribution in [0.3, 0.4) is 0 Å². The summed E-state index contributed by atoms with van der Waals surface area (Å²) in [7, 11) is -0.535. The van der Waals surface area contributed by atoms with Gasteiger partial charge in [-0.05, 0) is 48.2 Å². The summed E-state index contributed by atoms with van der Waals surface area (Å²) in [4.78, 5) is 0. The number of rotatable bonds is 8. The van der Waals surface area contributed by atoms with Gasteiger partial charge in [0.1, 0.15) is 0 Å². The van der Waals surface area contributed by atoms with Crippen LogP contribution in [0.2, 0.25) is 0 Å². The Kier molecular flexibility index (Phi) is 7.41. The summed E-state index contributed by atoms with van der Waals surface area (Å²) >= 11 is 0. The number of hydrogen-bond acceptors (Lipinski definition) is 4. The molecule has 0 spiro atoms. The maximum absolute atomic E-state index is 5.92. The minimum atomic E-state index is -0.267. The van der Waals surface area contributed by atoms with Crippen LogP contribution >= 0.6 is 0 Å². The summed E-state index contributed by atoms with van der Waals surface area (Å²) in [6, 6.07) is 13.4. The molecule has 5 rings (SSSR count). The van der Waals surface area contributed by atoms with Crippen molar-refractivity contribution in [2.45, 2.75) is 58.9 Å². The van der Waals surface area contributed by atoms with Crippen LogP contribution in [0.15, 0.2) is 36.4 Å². The van der Waals surface area contributed by atoms with Gasteiger partial charge in [0.25, 0.3) is 0 Å². The fourth-order valence-corrected chi connectivity index (χ4v) is 5.16. The number of nitrogens with zero attached hydrogens (tertiary/aromatic N) is 1. The monoisotopic (exact) mass is 447 g/mol. The predicted octanol–water partition coefficient (Wildman–Crippen LogP) is 4.28. The molecule has 5 nitrogen and oxygen atoms in total. The second-order valence-corrected chi connectivity index (χ2v) is 9.43. The standard InChI is InChI=1S/C26H35B2NO4/c1-3-5-8-20(4-2)19-29-25-17-21(27-30-13-6-14-31-27)9-11-23(25)24-12-10-22(18-26(24)29)28-32-15-7-16-33-28/h9-12,17-18,20H,3-8,13-16,19H2,1-2H3. The van der Waals surface area contributed by atoms with Crippen LogP contribution in [0.25, 0.3) is 21.8 Å². The zero-order valence-electron chi connectivity index (χ0n) is 20.1. The van der Waals surface area contributed by atoms with Crippen molar-refractivity contribution in [3.8, 4) is 0 Å². The second kappa shape index (κ2) is 10.6. The normalized spacial score (nSPS) is 18.4.